The predicted molar refractivity (Wildman–Crippen MR) is 114 cm³/mol. The molecule has 0 aliphatic rings. The first kappa shape index (κ1) is 20.0. The van der Waals surface area contributed by atoms with Gasteiger partial charge in [-0.15, -0.1) is 0 Å². The normalized spacial score (nSPS) is 10.4. The molecule has 3 rings (SSSR count). The highest BCUT2D eigenvalue weighted by atomic mass is 16.5. The number of aryl methyl sites for hydroxylation is 1. The van der Waals surface area contributed by atoms with Crippen LogP contribution in [0.25, 0.3) is 5.69 Å². The van der Waals surface area contributed by atoms with Gasteiger partial charge in [0.15, 0.2) is 0 Å². The number of esters is 1. The molecule has 2 aromatic carbocycles. The molecule has 0 saturated heterocycles. The lowest BCUT2D eigenvalue weighted by Crippen LogP contribution is -2.11. The number of carbonyl (C=O) groups is 1. The molecule has 0 fully saturated rings. The zero-order valence-corrected chi connectivity index (χ0v) is 16.6. The third kappa shape index (κ3) is 4.41. The summed E-state index contributed by atoms with van der Waals surface area (Å²) < 4.78 is 7.00. The second kappa shape index (κ2) is 8.98. The summed E-state index contributed by atoms with van der Waals surface area (Å²) in [7, 11) is 0. The molecule has 0 spiro atoms. The van der Waals surface area contributed by atoms with Gasteiger partial charge < -0.3 is 20.4 Å². The van der Waals surface area contributed by atoms with Crippen LogP contribution < -0.4 is 11.1 Å². The minimum Gasteiger partial charge on any atom is -0.462 e. The van der Waals surface area contributed by atoms with E-state index in [9.17, 15) is 10.1 Å². The molecule has 148 valence electrons. The van der Waals surface area contributed by atoms with Gasteiger partial charge >= 0.3 is 5.97 Å². The molecule has 0 aliphatic heterocycles. The Labute approximate surface area is 170 Å². The zero-order chi connectivity index (χ0) is 20.8. The number of nitrogens with two attached hydrogens (primary N) is 1. The Hall–Kier alpha value is -3.72. The minimum absolute atomic E-state index is 0.304. The first-order chi connectivity index (χ1) is 14.1. The maximum absolute atomic E-state index is 12.2. The number of para-hydroxylation sites is 1. The lowest BCUT2D eigenvalue weighted by molar-refractivity contribution is 0.0527. The molecule has 0 bridgehead atoms. The maximum Gasteiger partial charge on any atom is 0.340 e. The number of nitrogens with one attached hydrogen (secondary N) is 1. The summed E-state index contributed by atoms with van der Waals surface area (Å²) in [4.78, 5) is 12.2. The van der Waals surface area contributed by atoms with Crippen LogP contribution in [0.15, 0.2) is 54.7 Å². The van der Waals surface area contributed by atoms with Gasteiger partial charge in [-0.2, -0.15) is 5.26 Å². The predicted octanol–water partition coefficient (Wildman–Crippen LogP) is 4.28. The molecule has 3 N–H and O–H groups in total. The van der Waals surface area contributed by atoms with Crippen LogP contribution in [0.2, 0.25) is 0 Å². The van der Waals surface area contributed by atoms with E-state index in [0.717, 1.165) is 23.2 Å². The number of nitriles is 1. The van der Waals surface area contributed by atoms with Gasteiger partial charge in [0.1, 0.15) is 11.8 Å². The van der Waals surface area contributed by atoms with Gasteiger partial charge in [-0.3, -0.25) is 0 Å². The van der Waals surface area contributed by atoms with Gasteiger partial charge in [-0.05, 0) is 54.8 Å². The van der Waals surface area contributed by atoms with E-state index in [4.69, 9.17) is 10.5 Å². The third-order valence-corrected chi connectivity index (χ3v) is 4.68. The zero-order valence-electron chi connectivity index (χ0n) is 16.6. The molecule has 0 atom stereocenters. The van der Waals surface area contributed by atoms with Crippen molar-refractivity contribution in [2.24, 2.45) is 0 Å². The van der Waals surface area contributed by atoms with E-state index in [-0.39, 0.29) is 0 Å². The lowest BCUT2D eigenvalue weighted by Gasteiger charge is -2.14. The van der Waals surface area contributed by atoms with Crippen LogP contribution in [-0.2, 0) is 17.7 Å². The first-order valence-electron chi connectivity index (χ1n) is 9.57. The van der Waals surface area contributed by atoms with Crippen molar-refractivity contribution in [1.82, 2.24) is 4.57 Å². The van der Waals surface area contributed by atoms with Gasteiger partial charge in [-0.25, -0.2) is 4.79 Å². The summed E-state index contributed by atoms with van der Waals surface area (Å²) in [6.45, 7) is 4.64. The summed E-state index contributed by atoms with van der Waals surface area (Å²) in [6, 6.07) is 17.2. The number of hydrogen-bond acceptors (Lipinski definition) is 5. The highest BCUT2D eigenvalue weighted by Crippen LogP contribution is 2.25. The van der Waals surface area contributed by atoms with E-state index in [0.29, 0.717) is 35.8 Å². The summed E-state index contributed by atoms with van der Waals surface area (Å²) in [5.41, 5.74) is 11.2. The van der Waals surface area contributed by atoms with E-state index in [1.165, 1.54) is 0 Å². The van der Waals surface area contributed by atoms with Gasteiger partial charge in [-0.1, -0.05) is 25.1 Å². The summed E-state index contributed by atoms with van der Waals surface area (Å²) in [6.07, 6.45) is 2.87. The van der Waals surface area contributed by atoms with Crippen molar-refractivity contribution in [3.05, 3.63) is 77.1 Å². The fourth-order valence-corrected chi connectivity index (χ4v) is 3.12. The monoisotopic (exact) mass is 388 g/mol. The largest absolute Gasteiger partial charge is 0.462 e. The molecule has 1 aromatic heterocycles. The highest BCUT2D eigenvalue weighted by Gasteiger charge is 2.14. The fourth-order valence-electron chi connectivity index (χ4n) is 3.12. The molecule has 0 amide bonds. The number of anilines is 2. The number of carbonyl (C=O) groups excluding carboxylic acids is 1. The second-order valence-electron chi connectivity index (χ2n) is 6.58. The van der Waals surface area contributed by atoms with Crippen molar-refractivity contribution in [3.63, 3.8) is 0 Å². The van der Waals surface area contributed by atoms with Crippen LogP contribution in [0.4, 0.5) is 11.4 Å². The molecule has 0 saturated carbocycles. The van der Waals surface area contributed by atoms with Gasteiger partial charge in [0.05, 0.1) is 23.5 Å². The molecular formula is C23H24N4O2. The first-order valence-corrected chi connectivity index (χ1v) is 9.57. The Morgan fingerprint density at radius 1 is 1.17 bits per heavy atom. The number of ether oxygens (including phenoxy) is 1. The summed E-state index contributed by atoms with van der Waals surface area (Å²) in [5, 5.41) is 12.6. The second-order valence-corrected chi connectivity index (χ2v) is 6.58. The van der Waals surface area contributed by atoms with Crippen molar-refractivity contribution in [2.75, 3.05) is 17.7 Å². The van der Waals surface area contributed by atoms with Gasteiger partial charge in [0.2, 0.25) is 0 Å². The van der Waals surface area contributed by atoms with Crippen molar-refractivity contribution in [3.8, 4) is 11.8 Å². The average Bonchev–Trinajstić information content (AvgIpc) is 3.17. The van der Waals surface area contributed by atoms with Crippen LogP contribution in [0.5, 0.6) is 0 Å². The number of nitrogen functional groups attached to an aromatic ring is 1. The van der Waals surface area contributed by atoms with Crippen LogP contribution in [0.1, 0.15) is 41.0 Å². The third-order valence-electron chi connectivity index (χ3n) is 4.68. The Bertz CT molecular complexity index is 1050. The van der Waals surface area contributed by atoms with Crippen molar-refractivity contribution in [1.29, 1.82) is 5.26 Å². The molecule has 3 aromatic rings. The molecule has 0 aliphatic carbocycles. The minimum atomic E-state index is -0.402. The fraction of sp³-hybridized carbons (Fsp3) is 0.217. The standard InChI is InChI=1S/C23H24N4O2/c1-3-16-12-19(13-24)27(15-16)18-10-8-17(9-11-18)14-26-22-20(23(28)29-4-2)6-5-7-21(22)25/h5-12,15,26H,3-4,14,25H2,1-2H3. The molecular weight excluding hydrogens is 364 g/mol. The topological polar surface area (TPSA) is 93.1 Å². The highest BCUT2D eigenvalue weighted by molar-refractivity contribution is 5.98. The van der Waals surface area contributed by atoms with Crippen molar-refractivity contribution >= 4 is 17.3 Å². The van der Waals surface area contributed by atoms with Crippen molar-refractivity contribution in [2.45, 2.75) is 26.8 Å². The number of nitrogens with zero attached hydrogens (tertiary/aromatic N) is 2. The maximum atomic E-state index is 12.2. The van der Waals surface area contributed by atoms with E-state index in [1.807, 2.05) is 41.1 Å². The Morgan fingerprint density at radius 3 is 2.59 bits per heavy atom. The van der Waals surface area contributed by atoms with E-state index < -0.39 is 5.97 Å². The van der Waals surface area contributed by atoms with Gasteiger partial charge in [0, 0.05) is 18.4 Å². The van der Waals surface area contributed by atoms with Crippen LogP contribution >= 0.6 is 0 Å². The molecule has 6 nitrogen and oxygen atoms in total. The SMILES string of the molecule is CCOC(=O)c1cccc(N)c1NCc1ccc(-n2cc(CC)cc2C#N)cc1. The number of aromatic nitrogens is 1. The number of hydrogen-bond donors (Lipinski definition) is 2. The Kier molecular flexibility index (Phi) is 6.20. The summed E-state index contributed by atoms with van der Waals surface area (Å²) >= 11 is 0. The lowest BCUT2D eigenvalue weighted by atomic mass is 10.1. The molecule has 29 heavy (non-hydrogen) atoms. The van der Waals surface area contributed by atoms with E-state index in [1.54, 1.807) is 25.1 Å². The Morgan fingerprint density at radius 2 is 1.93 bits per heavy atom. The molecule has 6 heteroatoms. The van der Waals surface area contributed by atoms with Crippen molar-refractivity contribution < 1.29 is 9.53 Å². The average molecular weight is 388 g/mol. The molecule has 0 unspecified atom stereocenters. The quantitative estimate of drug-likeness (QED) is 0.465. The number of rotatable bonds is 7. The summed E-state index contributed by atoms with van der Waals surface area (Å²) in [5.74, 6) is -0.402. The smallest absolute Gasteiger partial charge is 0.340 e. The van der Waals surface area contributed by atoms with Crippen LogP contribution in [0.3, 0.4) is 0 Å². The van der Waals surface area contributed by atoms with E-state index >= 15 is 0 Å². The Balaban J connectivity index is 1.78. The van der Waals surface area contributed by atoms with Gasteiger partial charge in [0.25, 0.3) is 0 Å². The van der Waals surface area contributed by atoms with E-state index in [2.05, 4.69) is 18.3 Å². The van der Waals surface area contributed by atoms with Crippen LogP contribution in [0, 0.1) is 11.3 Å². The molecule has 0 radical (unpaired) electrons. The number of benzene rings is 2. The molecule has 1 heterocycles. The van der Waals surface area contributed by atoms with Crippen LogP contribution in [-0.4, -0.2) is 17.1 Å².